The molecule has 0 aliphatic carbocycles. The van der Waals surface area contributed by atoms with E-state index < -0.39 is 0 Å². The van der Waals surface area contributed by atoms with Crippen LogP contribution in [0.15, 0.2) is 453 Å². The van der Waals surface area contributed by atoms with Gasteiger partial charge in [0.15, 0.2) is 11.5 Å². The predicted octanol–water partition coefficient (Wildman–Crippen LogP) is 28.4. The average molecular weight is 1640 g/mol. The molecule has 0 atom stereocenters. The van der Waals surface area contributed by atoms with Crippen molar-refractivity contribution in [2.75, 3.05) is 34.3 Å². The molecule has 129 heavy (non-hydrogen) atoms. The molecule has 0 fully saturated rings. The van der Waals surface area contributed by atoms with Crippen LogP contribution in [-0.4, -0.2) is 13.4 Å². The molecule has 0 spiro atoms. The highest BCUT2D eigenvalue weighted by Gasteiger charge is 2.57. The van der Waals surface area contributed by atoms with Gasteiger partial charge in [0, 0.05) is 73.3 Å². The largest absolute Gasteiger partial charge is 0.452 e. The second kappa shape index (κ2) is 28.6. The molecule has 7 aliphatic heterocycles. The smallest absolute Gasteiger partial charge is 0.252 e. The van der Waals surface area contributed by atoms with Crippen LogP contribution < -0.4 is 67.1 Å². The highest BCUT2D eigenvalue weighted by atomic mass is 16.3. The third-order valence-electron chi connectivity index (χ3n) is 27.4. The van der Waals surface area contributed by atoms with E-state index in [1.807, 2.05) is 0 Å². The van der Waals surface area contributed by atoms with Crippen LogP contribution in [0.4, 0.5) is 119 Å². The molecular formula is C119H77B2N7O. The molecule has 0 radical (unpaired) electrons. The van der Waals surface area contributed by atoms with Gasteiger partial charge in [0.05, 0.1) is 62.6 Å². The predicted molar refractivity (Wildman–Crippen MR) is 540 cm³/mol. The van der Waals surface area contributed by atoms with E-state index in [0.717, 1.165) is 214 Å². The molecule has 0 unspecified atom stereocenters. The van der Waals surface area contributed by atoms with Gasteiger partial charge in [0.1, 0.15) is 11.4 Å². The number of benzene rings is 19. The van der Waals surface area contributed by atoms with Gasteiger partial charge in [0.25, 0.3) is 13.4 Å². The van der Waals surface area contributed by atoms with E-state index in [0.29, 0.717) is 0 Å². The van der Waals surface area contributed by atoms with Gasteiger partial charge in [-0.2, -0.15) is 0 Å². The van der Waals surface area contributed by atoms with Crippen LogP contribution in [0.2, 0.25) is 0 Å². The van der Waals surface area contributed by atoms with Gasteiger partial charge in [-0.25, -0.2) is 0 Å². The number of furan rings is 1. The lowest BCUT2D eigenvalue weighted by Gasteiger charge is -2.53. The molecule has 8 nitrogen and oxygen atoms in total. The van der Waals surface area contributed by atoms with Gasteiger partial charge in [-0.3, -0.25) is 0 Å². The maximum Gasteiger partial charge on any atom is 0.252 e. The molecule has 0 N–H and O–H groups in total. The topological polar surface area (TPSA) is 35.8 Å². The zero-order valence-electron chi connectivity index (χ0n) is 70.4. The van der Waals surface area contributed by atoms with Crippen molar-refractivity contribution in [3.63, 3.8) is 0 Å². The van der Waals surface area contributed by atoms with Gasteiger partial charge in [-0.1, -0.05) is 346 Å². The van der Waals surface area contributed by atoms with E-state index in [1.165, 1.54) is 32.8 Å². The normalized spacial score (nSPS) is 13.2. The molecule has 0 bridgehead atoms. The van der Waals surface area contributed by atoms with Crippen LogP contribution in [0.1, 0.15) is 5.56 Å². The molecule has 20 aromatic rings. The lowest BCUT2D eigenvalue weighted by molar-refractivity contribution is 0.598. The van der Waals surface area contributed by atoms with Crippen LogP contribution in [0.3, 0.4) is 0 Å². The molecule has 0 saturated heterocycles. The number of anilines is 21. The Labute approximate surface area is 750 Å². The fourth-order valence-corrected chi connectivity index (χ4v) is 22.2. The molecule has 0 amide bonds. The molecule has 19 aromatic carbocycles. The highest BCUT2D eigenvalue weighted by Crippen LogP contribution is 2.68. The summed E-state index contributed by atoms with van der Waals surface area (Å²) in [4.78, 5) is 18.5. The van der Waals surface area contributed by atoms with Crippen molar-refractivity contribution in [2.45, 2.75) is 6.92 Å². The summed E-state index contributed by atoms with van der Waals surface area (Å²) in [6.07, 6.45) is 0. The minimum Gasteiger partial charge on any atom is -0.452 e. The zero-order chi connectivity index (χ0) is 84.6. The minimum absolute atomic E-state index is 0.349. The first-order valence-corrected chi connectivity index (χ1v) is 44.6. The van der Waals surface area contributed by atoms with Gasteiger partial charge in [-0.05, 0) is 198 Å². The van der Waals surface area contributed by atoms with Crippen molar-refractivity contribution in [1.82, 2.24) is 0 Å². The SMILES string of the molecule is Cc1cc2c3c(c1)N1c4c(ccc5c4N(c4cc(N(c6ccccc6)c6ccccc6)cc6c4B5c4ccc(-c5ccccc5)c5c4N6c4cc(-c6ccccc6)cc(-c6ccccc6)c4N5c4ccccc4)c4c(-c5ccccc5)oc(-c5ccccc5)c41)B3c1cc(-c3ccccc3)cc3c1N2c1cc(-c2ccccc2)cc(-c2ccccc2)c1N3c1ccccc1. The molecule has 10 heteroatoms. The van der Waals surface area contributed by atoms with Gasteiger partial charge < -0.3 is 38.7 Å². The molecular weight excluding hydrogens is 1560 g/mol. The van der Waals surface area contributed by atoms with Gasteiger partial charge in [0.2, 0.25) is 0 Å². The summed E-state index contributed by atoms with van der Waals surface area (Å²) in [5, 5.41) is 0. The summed E-state index contributed by atoms with van der Waals surface area (Å²) in [6, 6.07) is 168. The van der Waals surface area contributed by atoms with Crippen LogP contribution >= 0.6 is 0 Å². The summed E-state index contributed by atoms with van der Waals surface area (Å²) in [5.41, 5.74) is 46.1. The zero-order valence-corrected chi connectivity index (χ0v) is 70.4. The Bertz CT molecular complexity index is 7900. The maximum atomic E-state index is 8.20. The first kappa shape index (κ1) is 72.6. The van der Waals surface area contributed by atoms with Crippen molar-refractivity contribution >= 4 is 166 Å². The van der Waals surface area contributed by atoms with E-state index >= 15 is 0 Å². The lowest BCUT2D eigenvalue weighted by Crippen LogP contribution is -2.66. The third-order valence-corrected chi connectivity index (χ3v) is 27.4. The Hall–Kier alpha value is -16.8. The van der Waals surface area contributed by atoms with E-state index in [2.05, 4.69) is 490 Å². The first-order chi connectivity index (χ1) is 64.0. The summed E-state index contributed by atoms with van der Waals surface area (Å²) >= 11 is 0. The maximum absolute atomic E-state index is 8.20. The second-order valence-corrected chi connectivity index (χ2v) is 34.6. The van der Waals surface area contributed by atoms with Crippen LogP contribution in [-0.2, 0) is 0 Å². The molecule has 600 valence electrons. The third kappa shape index (κ3) is 10.9. The van der Waals surface area contributed by atoms with E-state index in [9.17, 15) is 0 Å². The number of rotatable bonds is 13. The Morgan fingerprint density at radius 3 is 0.938 bits per heavy atom. The van der Waals surface area contributed by atoms with Crippen molar-refractivity contribution in [1.29, 1.82) is 0 Å². The van der Waals surface area contributed by atoms with Gasteiger partial charge in [-0.15, -0.1) is 0 Å². The minimum atomic E-state index is -0.384. The number of nitrogens with zero attached hydrogens (tertiary/aromatic N) is 7. The summed E-state index contributed by atoms with van der Waals surface area (Å²) in [7, 11) is 0. The molecule has 27 rings (SSSR count). The highest BCUT2D eigenvalue weighted by molar-refractivity contribution is 7.03. The summed E-state index contributed by atoms with van der Waals surface area (Å²) in [6.45, 7) is 1.58. The molecule has 0 saturated carbocycles. The van der Waals surface area contributed by atoms with E-state index in [1.54, 1.807) is 0 Å². The first-order valence-electron chi connectivity index (χ1n) is 44.6. The number of hydrogen-bond acceptors (Lipinski definition) is 8. The second-order valence-electron chi connectivity index (χ2n) is 34.6. The Balaban J connectivity index is 0.823. The standard InChI is InChI=1S/C119H77B2N7O/c1-76-66-100-107-101(67-76)127-115-98(121(107)99-70-87(79-42-18-4-19-43-79)73-106-112(99)125(100)104-71-85(77-38-14-2-15-39-77)68-94(81-46-22-6-23-47-81)109(104)123(106)90-58-34-12-35-59-90)65-64-97-114(115)128(117-116(127)118(83-50-26-8-27-51-83)129-119(117)84-52-28-9-29-53-84)103-75-92(122(88-54-30-10-31-55-88)89-56-32-11-33-57-89)74-102-108(103)120(97)96-63-62-93(80-44-20-5-21-45-80)111-113(96)126(102)105-72-86(78-40-16-3-17-41-78)69-95(82-48-24-7-25-49-82)110(105)124(111)91-60-36-13-37-61-91/h2-75H,1H3. The fourth-order valence-electron chi connectivity index (χ4n) is 22.2. The van der Waals surface area contributed by atoms with Crippen molar-refractivity contribution < 1.29 is 4.42 Å². The van der Waals surface area contributed by atoms with Crippen molar-refractivity contribution in [2.24, 2.45) is 0 Å². The fraction of sp³-hybridized carbons (Fsp3) is 0.00840. The monoisotopic (exact) mass is 1640 g/mol. The van der Waals surface area contributed by atoms with Crippen molar-refractivity contribution in [3.05, 3.63) is 454 Å². The lowest BCUT2D eigenvalue weighted by atomic mass is 9.30. The molecule has 8 heterocycles. The molecule has 7 aliphatic rings. The summed E-state index contributed by atoms with van der Waals surface area (Å²) in [5.74, 6) is 1.53. The average Bonchev–Trinajstić information content (AvgIpc) is 1.63. The van der Waals surface area contributed by atoms with Crippen LogP contribution in [0.25, 0.3) is 89.4 Å². The Morgan fingerprint density at radius 1 is 0.194 bits per heavy atom. The Morgan fingerprint density at radius 2 is 0.504 bits per heavy atom. The van der Waals surface area contributed by atoms with Gasteiger partial charge >= 0.3 is 0 Å². The number of hydrogen-bond donors (Lipinski definition) is 0. The van der Waals surface area contributed by atoms with E-state index in [-0.39, 0.29) is 13.4 Å². The van der Waals surface area contributed by atoms with Crippen LogP contribution in [0.5, 0.6) is 0 Å². The van der Waals surface area contributed by atoms with Crippen LogP contribution in [0, 0.1) is 6.92 Å². The Kier molecular flexibility index (Phi) is 16.1. The number of para-hydroxylation sites is 4. The summed E-state index contributed by atoms with van der Waals surface area (Å²) < 4.78 is 8.20. The quantitative estimate of drug-likeness (QED) is 0.106. The van der Waals surface area contributed by atoms with E-state index in [4.69, 9.17) is 4.42 Å². The number of fused-ring (bicyclic) bond motifs is 15. The molecule has 1 aromatic heterocycles. The number of aryl methyl sites for hydroxylation is 1. The van der Waals surface area contributed by atoms with Crippen molar-refractivity contribution in [3.8, 4) is 89.4 Å².